The van der Waals surface area contributed by atoms with Crippen molar-refractivity contribution in [3.63, 3.8) is 0 Å². The molecule has 2 aromatic heterocycles. The molecule has 0 spiro atoms. The minimum atomic E-state index is -0.0851. The number of thioether (sulfide) groups is 1. The van der Waals surface area contributed by atoms with E-state index in [1.807, 2.05) is 48.1 Å². The molecule has 124 valence electrons. The molecule has 0 bridgehead atoms. The fourth-order valence-corrected chi connectivity index (χ4v) is 3.70. The third-order valence-electron chi connectivity index (χ3n) is 3.61. The topological polar surface area (TPSA) is 59.8 Å². The summed E-state index contributed by atoms with van der Waals surface area (Å²) in [4.78, 5) is 14.1. The van der Waals surface area contributed by atoms with Crippen molar-refractivity contribution in [2.75, 3.05) is 6.26 Å². The van der Waals surface area contributed by atoms with Crippen molar-refractivity contribution >= 4 is 29.0 Å². The molecule has 0 radical (unpaired) electrons. The van der Waals surface area contributed by atoms with Crippen LogP contribution in [-0.4, -0.2) is 26.9 Å². The van der Waals surface area contributed by atoms with Crippen LogP contribution in [0, 0.1) is 13.8 Å². The van der Waals surface area contributed by atoms with Gasteiger partial charge in [0.25, 0.3) is 5.91 Å². The summed E-state index contributed by atoms with van der Waals surface area (Å²) in [5.41, 5.74) is 2.16. The molecule has 1 N–H and O–H groups in total. The van der Waals surface area contributed by atoms with Crippen molar-refractivity contribution in [3.05, 3.63) is 57.5 Å². The fraction of sp³-hybridized carbons (Fsp3) is 0.235. The van der Waals surface area contributed by atoms with Crippen LogP contribution in [0.15, 0.2) is 41.6 Å². The summed E-state index contributed by atoms with van der Waals surface area (Å²) >= 11 is 3.02. The van der Waals surface area contributed by atoms with Gasteiger partial charge in [0.05, 0.1) is 17.1 Å². The number of para-hydroxylation sites is 1. The van der Waals surface area contributed by atoms with E-state index in [1.165, 1.54) is 23.1 Å². The van der Waals surface area contributed by atoms with E-state index < -0.39 is 0 Å². The molecule has 0 aliphatic heterocycles. The summed E-state index contributed by atoms with van der Waals surface area (Å²) < 4.78 is 2.00. The van der Waals surface area contributed by atoms with Gasteiger partial charge < -0.3 is 5.32 Å². The number of hydrogen-bond acceptors (Lipinski definition) is 5. The van der Waals surface area contributed by atoms with Gasteiger partial charge in [-0.15, -0.1) is 21.5 Å². The van der Waals surface area contributed by atoms with Crippen LogP contribution in [0.5, 0.6) is 0 Å². The van der Waals surface area contributed by atoms with Crippen molar-refractivity contribution in [1.82, 2.24) is 20.1 Å². The van der Waals surface area contributed by atoms with Crippen LogP contribution in [0.1, 0.15) is 25.9 Å². The number of hydrogen-bond donors (Lipinski definition) is 1. The molecule has 0 unspecified atom stereocenters. The SMILES string of the molecule is CSc1nnc(CNC(=O)c2ccc(C)s2)n1-c1ccccc1C. The number of nitrogens with one attached hydrogen (secondary N) is 1. The van der Waals surface area contributed by atoms with Crippen molar-refractivity contribution in [2.45, 2.75) is 25.5 Å². The lowest BCUT2D eigenvalue weighted by Gasteiger charge is -2.12. The van der Waals surface area contributed by atoms with Crippen LogP contribution >= 0.6 is 23.1 Å². The molecule has 3 aromatic rings. The highest BCUT2D eigenvalue weighted by Gasteiger charge is 2.16. The zero-order valence-electron chi connectivity index (χ0n) is 13.7. The van der Waals surface area contributed by atoms with Gasteiger partial charge in [0.1, 0.15) is 0 Å². The number of benzene rings is 1. The Morgan fingerprint density at radius 3 is 2.67 bits per heavy atom. The van der Waals surface area contributed by atoms with E-state index in [4.69, 9.17) is 0 Å². The molecule has 1 aromatic carbocycles. The van der Waals surface area contributed by atoms with Gasteiger partial charge in [-0.3, -0.25) is 9.36 Å². The van der Waals surface area contributed by atoms with Crippen molar-refractivity contribution in [1.29, 1.82) is 0 Å². The van der Waals surface area contributed by atoms with Crippen molar-refractivity contribution < 1.29 is 4.79 Å². The van der Waals surface area contributed by atoms with Crippen LogP contribution in [0.2, 0.25) is 0 Å². The maximum absolute atomic E-state index is 12.3. The first-order valence-corrected chi connectivity index (χ1v) is 9.53. The Morgan fingerprint density at radius 2 is 2.00 bits per heavy atom. The Kier molecular flexibility index (Phi) is 5.01. The smallest absolute Gasteiger partial charge is 0.261 e. The largest absolute Gasteiger partial charge is 0.344 e. The highest BCUT2D eigenvalue weighted by molar-refractivity contribution is 7.98. The molecule has 5 nitrogen and oxygen atoms in total. The van der Waals surface area contributed by atoms with Gasteiger partial charge >= 0.3 is 0 Å². The van der Waals surface area contributed by atoms with Gasteiger partial charge in [0.2, 0.25) is 0 Å². The second-order valence-corrected chi connectivity index (χ2v) is 7.38. The van der Waals surface area contributed by atoms with Gasteiger partial charge in [-0.05, 0) is 43.9 Å². The number of aryl methyl sites for hydroxylation is 2. The van der Waals surface area contributed by atoms with E-state index in [2.05, 4.69) is 28.5 Å². The molecule has 0 aliphatic rings. The van der Waals surface area contributed by atoms with E-state index in [0.717, 1.165) is 27.1 Å². The first-order chi connectivity index (χ1) is 11.6. The summed E-state index contributed by atoms with van der Waals surface area (Å²) in [7, 11) is 0. The summed E-state index contributed by atoms with van der Waals surface area (Å²) in [5, 5.41) is 12.2. The average molecular weight is 358 g/mol. The van der Waals surface area contributed by atoms with Gasteiger partial charge in [-0.25, -0.2) is 0 Å². The first kappa shape index (κ1) is 16.7. The number of thiophene rings is 1. The normalized spacial score (nSPS) is 10.8. The Hall–Kier alpha value is -2.12. The maximum Gasteiger partial charge on any atom is 0.261 e. The van der Waals surface area contributed by atoms with Gasteiger partial charge in [-0.2, -0.15) is 0 Å². The van der Waals surface area contributed by atoms with E-state index in [9.17, 15) is 4.79 Å². The zero-order valence-corrected chi connectivity index (χ0v) is 15.4. The van der Waals surface area contributed by atoms with Gasteiger partial charge in [0.15, 0.2) is 11.0 Å². The molecular weight excluding hydrogens is 340 g/mol. The quantitative estimate of drug-likeness (QED) is 0.708. The predicted molar refractivity (Wildman–Crippen MR) is 98.1 cm³/mol. The van der Waals surface area contributed by atoms with Gasteiger partial charge in [0, 0.05) is 4.88 Å². The van der Waals surface area contributed by atoms with E-state index >= 15 is 0 Å². The minimum Gasteiger partial charge on any atom is -0.344 e. The fourth-order valence-electron chi connectivity index (χ4n) is 2.41. The highest BCUT2D eigenvalue weighted by atomic mass is 32.2. The molecule has 7 heteroatoms. The van der Waals surface area contributed by atoms with E-state index in [1.54, 1.807) is 0 Å². The molecule has 1 amide bonds. The molecular formula is C17H18N4OS2. The molecule has 24 heavy (non-hydrogen) atoms. The maximum atomic E-state index is 12.3. The number of carbonyl (C=O) groups excluding carboxylic acids is 1. The second-order valence-electron chi connectivity index (χ2n) is 5.32. The summed E-state index contributed by atoms with van der Waals surface area (Å²) in [5.74, 6) is 0.633. The molecule has 0 fully saturated rings. The van der Waals surface area contributed by atoms with Gasteiger partial charge in [-0.1, -0.05) is 30.0 Å². The summed E-state index contributed by atoms with van der Waals surface area (Å²) in [6, 6.07) is 11.9. The van der Waals surface area contributed by atoms with Crippen LogP contribution in [0.3, 0.4) is 0 Å². The van der Waals surface area contributed by atoms with Crippen LogP contribution in [0.4, 0.5) is 0 Å². The Labute approximate surface area is 149 Å². The monoisotopic (exact) mass is 358 g/mol. The summed E-state index contributed by atoms with van der Waals surface area (Å²) in [6.07, 6.45) is 1.97. The van der Waals surface area contributed by atoms with Crippen molar-refractivity contribution in [2.24, 2.45) is 0 Å². The number of nitrogens with zero attached hydrogens (tertiary/aromatic N) is 3. The lowest BCUT2D eigenvalue weighted by atomic mass is 10.2. The average Bonchev–Trinajstić information content (AvgIpc) is 3.19. The number of carbonyl (C=O) groups is 1. The predicted octanol–water partition coefficient (Wildman–Crippen LogP) is 3.60. The van der Waals surface area contributed by atoms with E-state index in [-0.39, 0.29) is 5.91 Å². The van der Waals surface area contributed by atoms with E-state index in [0.29, 0.717) is 11.4 Å². The minimum absolute atomic E-state index is 0.0851. The zero-order chi connectivity index (χ0) is 17.1. The highest BCUT2D eigenvalue weighted by Crippen LogP contribution is 2.22. The Bertz CT molecular complexity index is 869. The molecule has 2 heterocycles. The first-order valence-electron chi connectivity index (χ1n) is 7.49. The lowest BCUT2D eigenvalue weighted by Crippen LogP contribution is -2.24. The van der Waals surface area contributed by atoms with Crippen LogP contribution < -0.4 is 5.32 Å². The molecule has 3 rings (SSSR count). The molecule has 0 saturated carbocycles. The number of amides is 1. The standard InChI is InChI=1S/C17H18N4OS2/c1-11-6-4-5-7-13(11)21-15(19-20-17(21)23-3)10-18-16(22)14-9-8-12(2)24-14/h4-9H,10H2,1-3H3,(H,18,22). The summed E-state index contributed by atoms with van der Waals surface area (Å²) in [6.45, 7) is 4.37. The number of rotatable bonds is 5. The second kappa shape index (κ2) is 7.19. The van der Waals surface area contributed by atoms with Crippen LogP contribution in [-0.2, 0) is 6.54 Å². The third-order valence-corrected chi connectivity index (χ3v) is 5.24. The lowest BCUT2D eigenvalue weighted by molar-refractivity contribution is 0.0953. The molecule has 0 atom stereocenters. The van der Waals surface area contributed by atoms with Crippen LogP contribution in [0.25, 0.3) is 5.69 Å². The molecule has 0 aliphatic carbocycles. The molecule has 0 saturated heterocycles. The number of aromatic nitrogens is 3. The Morgan fingerprint density at radius 1 is 1.21 bits per heavy atom. The van der Waals surface area contributed by atoms with Crippen molar-refractivity contribution in [3.8, 4) is 5.69 Å². The third kappa shape index (κ3) is 3.37. The Balaban J connectivity index is 1.85.